The van der Waals surface area contributed by atoms with Crippen LogP contribution < -0.4 is 11.5 Å². The minimum atomic E-state index is 0. The SMILES string of the molecule is CN.Nc1nccnc1C=O.[N-]=C/C(=C\[NH-])c1ccccn1.[Y]. The van der Waals surface area contributed by atoms with Crippen LogP contribution in [0.4, 0.5) is 5.82 Å². The van der Waals surface area contributed by atoms with Crippen LogP contribution in [-0.4, -0.2) is 34.5 Å². The molecule has 2 aromatic heterocycles. The standard InChI is InChI=1S/C8H7N3.C5H5N3O.CH5N.Y/c9-5-7(6-10)8-3-1-2-4-11-8;6-5-4(3-9)7-1-2-8-5;1-2;/h1-6,9H;1-3H,(H2,6,8);2H2,1H3;/q-2;;;/b7-5+;;;. The predicted octanol–water partition coefficient (Wildman–Crippen LogP) is 1.56. The topological polar surface area (TPSA) is 154 Å². The summed E-state index contributed by atoms with van der Waals surface area (Å²) in [6, 6.07) is 5.31. The van der Waals surface area contributed by atoms with E-state index in [4.69, 9.17) is 16.9 Å². The van der Waals surface area contributed by atoms with E-state index in [2.05, 4.69) is 20.7 Å². The first-order valence-corrected chi connectivity index (χ1v) is 6.08. The van der Waals surface area contributed by atoms with Crippen molar-refractivity contribution in [3.8, 4) is 0 Å². The van der Waals surface area contributed by atoms with Gasteiger partial charge in [0.1, 0.15) is 5.69 Å². The Kier molecular flexibility index (Phi) is 15.0. The molecule has 0 spiro atoms. The van der Waals surface area contributed by atoms with Gasteiger partial charge in [-0.1, -0.05) is 6.07 Å². The summed E-state index contributed by atoms with van der Waals surface area (Å²) in [6.07, 6.45) is 6.96. The summed E-state index contributed by atoms with van der Waals surface area (Å²) >= 11 is 0. The average Bonchev–Trinajstić information content (AvgIpc) is 2.60. The minimum absolute atomic E-state index is 0. The van der Waals surface area contributed by atoms with E-state index < -0.39 is 0 Å². The number of hydrogen-bond acceptors (Lipinski definition) is 6. The fourth-order valence-electron chi connectivity index (χ4n) is 1.16. The monoisotopic (exact) mass is 388 g/mol. The Morgan fingerprint density at radius 3 is 2.22 bits per heavy atom. The molecule has 0 aromatic carbocycles. The van der Waals surface area contributed by atoms with E-state index in [1.54, 1.807) is 24.4 Å². The Morgan fingerprint density at radius 2 is 1.83 bits per heavy atom. The zero-order valence-corrected chi connectivity index (χ0v) is 15.5. The molecule has 1 radical (unpaired) electrons. The minimum Gasteiger partial charge on any atom is -0.810 e. The molecule has 0 aliphatic rings. The first-order valence-electron chi connectivity index (χ1n) is 6.08. The van der Waals surface area contributed by atoms with Crippen molar-refractivity contribution in [2.24, 2.45) is 5.73 Å². The number of nitrogens with one attached hydrogen (secondary N) is 1. The number of nitrogen functional groups attached to an aromatic ring is 1. The Bertz CT molecular complexity index is 605. The molecule has 0 aliphatic carbocycles. The second-order valence-electron chi connectivity index (χ2n) is 3.39. The number of nitrogens with zero attached hydrogens (tertiary/aromatic N) is 4. The normalized spacial score (nSPS) is 9.04. The second kappa shape index (κ2) is 14.9. The smallest absolute Gasteiger partial charge is 0.172 e. The van der Waals surface area contributed by atoms with Crippen molar-refractivity contribution in [2.45, 2.75) is 0 Å². The van der Waals surface area contributed by atoms with Crippen molar-refractivity contribution in [1.29, 1.82) is 0 Å². The molecule has 9 heteroatoms. The van der Waals surface area contributed by atoms with Gasteiger partial charge in [0.15, 0.2) is 12.1 Å². The third-order valence-electron chi connectivity index (χ3n) is 2.12. The molecule has 0 fully saturated rings. The van der Waals surface area contributed by atoms with Gasteiger partial charge in [-0.05, 0) is 24.8 Å². The summed E-state index contributed by atoms with van der Waals surface area (Å²) in [5, 5.41) is 8.63. The van der Waals surface area contributed by atoms with Crippen molar-refractivity contribution in [3.63, 3.8) is 0 Å². The van der Waals surface area contributed by atoms with Gasteiger partial charge in [0.2, 0.25) is 0 Å². The van der Waals surface area contributed by atoms with Crippen LogP contribution in [0.5, 0.6) is 0 Å². The number of nitrogens with two attached hydrogens (primary N) is 2. The molecular weight excluding hydrogens is 371 g/mol. The van der Waals surface area contributed by atoms with Gasteiger partial charge >= 0.3 is 0 Å². The number of aldehydes is 1. The van der Waals surface area contributed by atoms with Gasteiger partial charge in [-0.15, -0.1) is 0 Å². The Balaban J connectivity index is 0. The van der Waals surface area contributed by atoms with Crippen LogP contribution in [0.3, 0.4) is 0 Å². The van der Waals surface area contributed by atoms with Crippen LogP contribution in [0, 0.1) is 0 Å². The van der Waals surface area contributed by atoms with Crippen molar-refractivity contribution < 1.29 is 37.5 Å². The van der Waals surface area contributed by atoms with Crippen LogP contribution in [0.15, 0.2) is 43.0 Å². The summed E-state index contributed by atoms with van der Waals surface area (Å²) in [4.78, 5) is 21.3. The maximum atomic E-state index is 10.0. The summed E-state index contributed by atoms with van der Waals surface area (Å²) in [6.45, 7) is 0. The molecule has 5 N–H and O–H groups in total. The number of carbonyl (C=O) groups excluding carboxylic acids is 1. The molecule has 0 bridgehead atoms. The number of pyridine rings is 1. The second-order valence-corrected chi connectivity index (χ2v) is 3.39. The number of allylic oxidation sites excluding steroid dienone is 1. The van der Waals surface area contributed by atoms with Crippen molar-refractivity contribution in [1.82, 2.24) is 15.0 Å². The summed E-state index contributed by atoms with van der Waals surface area (Å²) in [5.41, 5.74) is 17.8. The molecule has 8 nitrogen and oxygen atoms in total. The van der Waals surface area contributed by atoms with Crippen LogP contribution in [0.2, 0.25) is 0 Å². The fourth-order valence-corrected chi connectivity index (χ4v) is 1.16. The molecule has 2 heterocycles. The number of carbonyl (C=O) groups is 1. The molecule has 23 heavy (non-hydrogen) atoms. The first kappa shape index (κ1) is 23.2. The van der Waals surface area contributed by atoms with Gasteiger partial charge in [0, 0.05) is 51.3 Å². The Morgan fingerprint density at radius 1 is 1.17 bits per heavy atom. The van der Waals surface area contributed by atoms with E-state index in [1.807, 2.05) is 0 Å². The van der Waals surface area contributed by atoms with E-state index in [1.165, 1.54) is 19.4 Å². The zero-order chi connectivity index (χ0) is 16.8. The quantitative estimate of drug-likeness (QED) is 0.601. The molecule has 2 aromatic rings. The zero-order valence-electron chi connectivity index (χ0n) is 12.6. The van der Waals surface area contributed by atoms with Gasteiger partial charge in [-0.3, -0.25) is 9.78 Å². The number of hydrogen-bond donors (Lipinski definition) is 2. The number of anilines is 1. The summed E-state index contributed by atoms with van der Waals surface area (Å²) in [7, 11) is 1.50. The molecule has 2 rings (SSSR count). The summed E-state index contributed by atoms with van der Waals surface area (Å²) in [5.74, 6) is 0.174. The summed E-state index contributed by atoms with van der Waals surface area (Å²) < 4.78 is 0. The van der Waals surface area contributed by atoms with Crippen LogP contribution in [0.25, 0.3) is 16.7 Å². The Hall–Kier alpha value is -2.03. The fraction of sp³-hybridized carbons (Fsp3) is 0.0714. The van der Waals surface area contributed by atoms with E-state index >= 15 is 0 Å². The largest absolute Gasteiger partial charge is 0.810 e. The molecule has 0 saturated carbocycles. The van der Waals surface area contributed by atoms with E-state index in [0.717, 1.165) is 12.4 Å². The van der Waals surface area contributed by atoms with Gasteiger partial charge < -0.3 is 22.6 Å². The molecule has 0 amide bonds. The van der Waals surface area contributed by atoms with Gasteiger partial charge in [0.05, 0.1) is 5.69 Å². The predicted molar refractivity (Wildman–Crippen MR) is 87.9 cm³/mol. The van der Waals surface area contributed by atoms with Crippen molar-refractivity contribution in [3.05, 3.63) is 65.5 Å². The molecule has 0 saturated heterocycles. The molecule has 119 valence electrons. The molecular formula is C14H17N7OY-2. The van der Waals surface area contributed by atoms with Gasteiger partial charge in [0.25, 0.3) is 0 Å². The van der Waals surface area contributed by atoms with Crippen LogP contribution in [-0.2, 0) is 32.7 Å². The van der Waals surface area contributed by atoms with Crippen molar-refractivity contribution >= 4 is 23.9 Å². The molecule has 0 unspecified atom stereocenters. The molecule has 0 atom stereocenters. The Labute approximate surface area is 160 Å². The van der Waals surface area contributed by atoms with Gasteiger partial charge in [-0.2, -0.15) is 12.4 Å². The van der Waals surface area contributed by atoms with E-state index in [9.17, 15) is 4.79 Å². The maximum Gasteiger partial charge on any atom is 0.172 e. The van der Waals surface area contributed by atoms with Gasteiger partial charge in [-0.25, -0.2) is 9.97 Å². The van der Waals surface area contributed by atoms with E-state index in [0.29, 0.717) is 17.6 Å². The molecule has 0 aliphatic heterocycles. The third-order valence-corrected chi connectivity index (χ3v) is 2.12. The van der Waals surface area contributed by atoms with Crippen molar-refractivity contribution in [2.75, 3.05) is 12.8 Å². The third kappa shape index (κ3) is 8.87. The maximum absolute atomic E-state index is 10.0. The first-order chi connectivity index (χ1) is 10.7. The van der Waals surface area contributed by atoms with Crippen LogP contribution >= 0.6 is 0 Å². The average molecular weight is 388 g/mol. The number of rotatable bonds is 3. The van der Waals surface area contributed by atoms with E-state index in [-0.39, 0.29) is 44.2 Å². The van der Waals surface area contributed by atoms with Crippen LogP contribution in [0.1, 0.15) is 16.2 Å². The number of aromatic nitrogens is 3.